The van der Waals surface area contributed by atoms with Crippen LogP contribution < -0.4 is 10.5 Å². The third kappa shape index (κ3) is 1.72. The van der Waals surface area contributed by atoms with Crippen LogP contribution in [0.25, 0.3) is 11.5 Å². The van der Waals surface area contributed by atoms with Gasteiger partial charge in [0.05, 0.1) is 12.7 Å². The van der Waals surface area contributed by atoms with Crippen molar-refractivity contribution in [1.82, 2.24) is 10.1 Å². The molecule has 3 rings (SSSR count). The molecular weight excluding hydrogens is 230 g/mol. The first kappa shape index (κ1) is 11.1. The van der Waals surface area contributed by atoms with Gasteiger partial charge < -0.3 is 15.0 Å². The lowest BCUT2D eigenvalue weighted by Crippen LogP contribution is -2.02. The first-order valence-electron chi connectivity index (χ1n) is 5.90. The molecule has 0 unspecified atom stereocenters. The van der Waals surface area contributed by atoms with E-state index in [9.17, 15) is 0 Å². The van der Waals surface area contributed by atoms with E-state index in [2.05, 4.69) is 17.1 Å². The molecule has 0 saturated heterocycles. The lowest BCUT2D eigenvalue weighted by atomic mass is 10.1. The minimum atomic E-state index is 0.100. The summed E-state index contributed by atoms with van der Waals surface area (Å²) >= 11 is 0. The Morgan fingerprint density at radius 1 is 1.39 bits per heavy atom. The van der Waals surface area contributed by atoms with Crippen LogP contribution in [0.3, 0.4) is 0 Å². The summed E-state index contributed by atoms with van der Waals surface area (Å²) in [6.45, 7) is 2.14. The number of hydrogen-bond donors (Lipinski definition) is 1. The van der Waals surface area contributed by atoms with Crippen molar-refractivity contribution in [3.8, 4) is 17.2 Å². The normalized spacial score (nSPS) is 16.6. The van der Waals surface area contributed by atoms with E-state index < -0.39 is 0 Å². The zero-order valence-electron chi connectivity index (χ0n) is 10.4. The minimum Gasteiger partial charge on any atom is -0.497 e. The van der Waals surface area contributed by atoms with Crippen LogP contribution in [-0.2, 0) is 5.41 Å². The van der Waals surface area contributed by atoms with Gasteiger partial charge in [0.2, 0.25) is 0 Å². The predicted molar refractivity (Wildman–Crippen MR) is 67.3 cm³/mol. The van der Waals surface area contributed by atoms with Crippen molar-refractivity contribution in [3.05, 3.63) is 24.0 Å². The summed E-state index contributed by atoms with van der Waals surface area (Å²) in [4.78, 5) is 4.43. The number of hydrogen-bond acceptors (Lipinski definition) is 5. The number of nitrogen functional groups attached to an aromatic ring is 1. The number of benzene rings is 1. The number of rotatable bonds is 3. The molecule has 2 N–H and O–H groups in total. The third-order valence-corrected chi connectivity index (χ3v) is 3.46. The molecule has 0 spiro atoms. The van der Waals surface area contributed by atoms with Crippen molar-refractivity contribution in [2.45, 2.75) is 25.2 Å². The minimum absolute atomic E-state index is 0.100. The number of aromatic nitrogens is 2. The molecule has 5 nitrogen and oxygen atoms in total. The molecule has 1 heterocycles. The highest BCUT2D eigenvalue weighted by molar-refractivity contribution is 5.71. The summed E-state index contributed by atoms with van der Waals surface area (Å²) in [5.74, 6) is 1.95. The highest BCUT2D eigenvalue weighted by Gasteiger charge is 2.43. The highest BCUT2D eigenvalue weighted by atomic mass is 16.5. The quantitative estimate of drug-likeness (QED) is 0.840. The largest absolute Gasteiger partial charge is 0.497 e. The van der Waals surface area contributed by atoms with Crippen molar-refractivity contribution in [3.63, 3.8) is 0 Å². The van der Waals surface area contributed by atoms with E-state index in [1.807, 2.05) is 12.1 Å². The van der Waals surface area contributed by atoms with Crippen molar-refractivity contribution in [2.75, 3.05) is 12.8 Å². The lowest BCUT2D eigenvalue weighted by Gasteiger charge is -2.04. The first-order chi connectivity index (χ1) is 8.62. The van der Waals surface area contributed by atoms with E-state index in [1.165, 1.54) is 0 Å². The van der Waals surface area contributed by atoms with E-state index in [0.29, 0.717) is 17.3 Å². The summed E-state index contributed by atoms with van der Waals surface area (Å²) in [6.07, 6.45) is 2.23. The van der Waals surface area contributed by atoms with Crippen LogP contribution in [0.5, 0.6) is 5.75 Å². The Morgan fingerprint density at radius 3 is 2.78 bits per heavy atom. The molecule has 2 aromatic rings. The Hall–Kier alpha value is -2.04. The van der Waals surface area contributed by atoms with Gasteiger partial charge in [0.25, 0.3) is 5.89 Å². The Balaban J connectivity index is 1.97. The number of ether oxygens (including phenoxy) is 1. The van der Waals surface area contributed by atoms with Crippen LogP contribution in [0.4, 0.5) is 5.69 Å². The Morgan fingerprint density at radius 2 is 2.17 bits per heavy atom. The maximum Gasteiger partial charge on any atom is 0.260 e. The molecule has 0 radical (unpaired) electrons. The monoisotopic (exact) mass is 245 g/mol. The maximum absolute atomic E-state index is 5.96. The van der Waals surface area contributed by atoms with Gasteiger partial charge >= 0.3 is 0 Å². The molecule has 0 amide bonds. The molecule has 1 aliphatic carbocycles. The van der Waals surface area contributed by atoms with E-state index >= 15 is 0 Å². The first-order valence-corrected chi connectivity index (χ1v) is 5.90. The van der Waals surface area contributed by atoms with Crippen molar-refractivity contribution >= 4 is 5.69 Å². The van der Waals surface area contributed by atoms with Gasteiger partial charge in [-0.15, -0.1) is 0 Å². The molecule has 1 aromatic carbocycles. The van der Waals surface area contributed by atoms with Crippen LogP contribution in [0, 0.1) is 0 Å². The molecule has 0 atom stereocenters. The molecule has 94 valence electrons. The average Bonchev–Trinajstić information content (AvgIpc) is 2.93. The molecule has 0 aliphatic heterocycles. The topological polar surface area (TPSA) is 74.2 Å². The number of nitrogens with zero attached hydrogens (tertiary/aromatic N) is 2. The second kappa shape index (κ2) is 3.73. The number of methoxy groups -OCH3 is 1. The Kier molecular flexibility index (Phi) is 2.29. The fourth-order valence-electron chi connectivity index (χ4n) is 1.85. The summed E-state index contributed by atoms with van der Waals surface area (Å²) in [6, 6.07) is 5.41. The van der Waals surface area contributed by atoms with Crippen LogP contribution in [0.2, 0.25) is 0 Å². The van der Waals surface area contributed by atoms with Gasteiger partial charge in [0, 0.05) is 17.2 Å². The van der Waals surface area contributed by atoms with Gasteiger partial charge in [-0.1, -0.05) is 12.1 Å². The van der Waals surface area contributed by atoms with Crippen molar-refractivity contribution < 1.29 is 9.26 Å². The van der Waals surface area contributed by atoms with Gasteiger partial charge in [-0.05, 0) is 25.0 Å². The molecule has 1 aliphatic rings. The molecule has 1 fully saturated rings. The van der Waals surface area contributed by atoms with Gasteiger partial charge in [-0.25, -0.2) is 0 Å². The summed E-state index contributed by atoms with van der Waals surface area (Å²) in [7, 11) is 1.60. The van der Waals surface area contributed by atoms with E-state index in [1.54, 1.807) is 13.2 Å². The fourth-order valence-corrected chi connectivity index (χ4v) is 1.85. The lowest BCUT2D eigenvalue weighted by molar-refractivity contribution is 0.413. The molecule has 1 aromatic heterocycles. The second-order valence-corrected chi connectivity index (χ2v) is 4.94. The highest BCUT2D eigenvalue weighted by Crippen LogP contribution is 2.46. The summed E-state index contributed by atoms with van der Waals surface area (Å²) in [5.41, 5.74) is 7.38. The van der Waals surface area contributed by atoms with Gasteiger partial charge in [-0.3, -0.25) is 0 Å². The second-order valence-electron chi connectivity index (χ2n) is 4.94. The molecule has 5 heteroatoms. The van der Waals surface area contributed by atoms with Gasteiger partial charge in [-0.2, -0.15) is 4.98 Å². The fraction of sp³-hybridized carbons (Fsp3) is 0.385. The zero-order chi connectivity index (χ0) is 12.8. The summed E-state index contributed by atoms with van der Waals surface area (Å²) < 4.78 is 10.4. The maximum atomic E-state index is 5.96. The van der Waals surface area contributed by atoms with Crippen LogP contribution >= 0.6 is 0 Å². The van der Waals surface area contributed by atoms with E-state index in [4.69, 9.17) is 15.0 Å². The number of nitrogens with two attached hydrogens (primary N) is 1. The zero-order valence-corrected chi connectivity index (χ0v) is 10.4. The number of anilines is 1. The predicted octanol–water partition coefficient (Wildman–Crippen LogP) is 2.38. The van der Waals surface area contributed by atoms with Crippen molar-refractivity contribution in [2.24, 2.45) is 0 Å². The van der Waals surface area contributed by atoms with Crippen molar-refractivity contribution in [1.29, 1.82) is 0 Å². The van der Waals surface area contributed by atoms with Crippen LogP contribution in [0.15, 0.2) is 22.7 Å². The Bertz CT molecular complexity index is 588. The van der Waals surface area contributed by atoms with Gasteiger partial charge in [0.1, 0.15) is 5.75 Å². The van der Waals surface area contributed by atoms with Crippen LogP contribution in [-0.4, -0.2) is 17.3 Å². The smallest absolute Gasteiger partial charge is 0.260 e. The SMILES string of the molecule is COc1ccc(-c2nc(C3(C)CC3)no2)c(N)c1. The average molecular weight is 245 g/mol. The van der Waals surface area contributed by atoms with E-state index in [0.717, 1.165) is 24.2 Å². The summed E-state index contributed by atoms with van der Waals surface area (Å²) in [5, 5.41) is 4.04. The Labute approximate surface area is 105 Å². The standard InChI is InChI=1S/C13H15N3O2/c1-13(5-6-13)12-15-11(18-16-12)9-4-3-8(17-2)7-10(9)14/h3-4,7H,5-6,14H2,1-2H3. The molecule has 1 saturated carbocycles. The molecule has 0 bridgehead atoms. The molecular formula is C13H15N3O2. The van der Waals surface area contributed by atoms with Crippen LogP contribution in [0.1, 0.15) is 25.6 Å². The third-order valence-electron chi connectivity index (χ3n) is 3.46. The van der Waals surface area contributed by atoms with E-state index in [-0.39, 0.29) is 5.41 Å². The molecule has 18 heavy (non-hydrogen) atoms. The van der Waals surface area contributed by atoms with Gasteiger partial charge in [0.15, 0.2) is 5.82 Å².